The number of rotatable bonds is 6. The molecule has 0 saturated heterocycles. The van der Waals surface area contributed by atoms with Crippen LogP contribution in [0.15, 0.2) is 23.1 Å². The molecule has 1 N–H and O–H groups in total. The van der Waals surface area contributed by atoms with Crippen molar-refractivity contribution in [2.24, 2.45) is 0 Å². The van der Waals surface area contributed by atoms with E-state index in [1.165, 1.54) is 12.1 Å². The van der Waals surface area contributed by atoms with E-state index in [0.717, 1.165) is 6.07 Å². The molecule has 0 aliphatic rings. The smallest absolute Gasteiger partial charge is 0.337 e. The highest BCUT2D eigenvalue weighted by atomic mass is 35.5. The van der Waals surface area contributed by atoms with Crippen LogP contribution in [-0.2, 0) is 9.84 Å². The number of aromatic carboxylic acids is 1. The van der Waals surface area contributed by atoms with Crippen LogP contribution in [0.5, 0.6) is 0 Å². The molecule has 1 aromatic rings. The van der Waals surface area contributed by atoms with Crippen molar-refractivity contribution in [3.63, 3.8) is 0 Å². The third-order valence-electron chi connectivity index (χ3n) is 2.48. The van der Waals surface area contributed by atoms with Crippen LogP contribution >= 0.6 is 11.6 Å². The van der Waals surface area contributed by atoms with Crippen molar-refractivity contribution in [3.8, 4) is 6.07 Å². The Kier molecular flexibility index (Phi) is 5.33. The van der Waals surface area contributed by atoms with Gasteiger partial charge in [0.15, 0.2) is 9.84 Å². The number of halogens is 1. The second-order valence-corrected chi connectivity index (χ2v) is 6.40. The lowest BCUT2D eigenvalue weighted by atomic mass is 10.2. The number of sulfone groups is 1. The molecule has 0 heterocycles. The number of hydrogen-bond acceptors (Lipinski definition) is 4. The van der Waals surface area contributed by atoms with Gasteiger partial charge in [0, 0.05) is 6.42 Å². The predicted octanol–water partition coefficient (Wildman–Crippen LogP) is 2.51. The van der Waals surface area contributed by atoms with Crippen LogP contribution in [0.25, 0.3) is 0 Å². The summed E-state index contributed by atoms with van der Waals surface area (Å²) >= 11 is 5.68. The zero-order chi connectivity index (χ0) is 14.5. The molecule has 0 saturated carbocycles. The Morgan fingerprint density at radius 1 is 1.37 bits per heavy atom. The van der Waals surface area contributed by atoms with E-state index < -0.39 is 15.8 Å². The average molecular weight is 302 g/mol. The number of carboxylic acids is 1. The van der Waals surface area contributed by atoms with E-state index >= 15 is 0 Å². The molecule has 0 bridgehead atoms. The molecular weight excluding hydrogens is 290 g/mol. The third-order valence-corrected chi connectivity index (χ3v) is 4.61. The van der Waals surface area contributed by atoms with Gasteiger partial charge in [0.2, 0.25) is 0 Å². The monoisotopic (exact) mass is 301 g/mol. The van der Waals surface area contributed by atoms with Crippen LogP contribution in [0.4, 0.5) is 0 Å². The summed E-state index contributed by atoms with van der Waals surface area (Å²) in [5, 5.41) is 17.2. The summed E-state index contributed by atoms with van der Waals surface area (Å²) in [4.78, 5) is 10.8. The number of benzene rings is 1. The summed E-state index contributed by atoms with van der Waals surface area (Å²) < 4.78 is 23.9. The molecular formula is C12H12ClNO4S. The number of carbonyl (C=O) groups is 1. The lowest BCUT2D eigenvalue weighted by molar-refractivity contribution is 0.0697. The van der Waals surface area contributed by atoms with Crippen LogP contribution in [-0.4, -0.2) is 25.2 Å². The summed E-state index contributed by atoms with van der Waals surface area (Å²) in [6.45, 7) is 0. The molecule has 0 amide bonds. The summed E-state index contributed by atoms with van der Waals surface area (Å²) in [5.74, 6) is -1.39. The van der Waals surface area contributed by atoms with E-state index in [2.05, 4.69) is 0 Å². The van der Waals surface area contributed by atoms with Crippen molar-refractivity contribution in [2.75, 3.05) is 5.75 Å². The van der Waals surface area contributed by atoms with Crippen LogP contribution in [0.3, 0.4) is 0 Å². The molecule has 0 unspecified atom stereocenters. The molecule has 0 aliphatic heterocycles. The topological polar surface area (TPSA) is 95.2 Å². The van der Waals surface area contributed by atoms with Gasteiger partial charge in [-0.25, -0.2) is 13.2 Å². The molecule has 0 aliphatic carbocycles. The summed E-state index contributed by atoms with van der Waals surface area (Å²) in [7, 11) is -3.54. The molecule has 0 fully saturated rings. The van der Waals surface area contributed by atoms with Gasteiger partial charge >= 0.3 is 5.97 Å². The van der Waals surface area contributed by atoms with E-state index in [1.807, 2.05) is 6.07 Å². The highest BCUT2D eigenvalue weighted by Gasteiger charge is 2.18. The molecule has 1 rings (SSSR count). The van der Waals surface area contributed by atoms with E-state index in [-0.39, 0.29) is 21.2 Å². The second-order valence-electron chi connectivity index (χ2n) is 3.88. The molecule has 0 radical (unpaired) electrons. The second kappa shape index (κ2) is 6.55. The van der Waals surface area contributed by atoms with Crippen molar-refractivity contribution in [3.05, 3.63) is 28.8 Å². The Bertz CT molecular complexity index is 619. The van der Waals surface area contributed by atoms with Gasteiger partial charge in [0.05, 0.1) is 27.3 Å². The first-order valence-electron chi connectivity index (χ1n) is 5.51. The quantitative estimate of drug-likeness (QED) is 0.814. The molecule has 5 nitrogen and oxygen atoms in total. The third kappa shape index (κ3) is 4.23. The SMILES string of the molecule is N#CCCCCS(=O)(=O)c1ccc(Cl)c(C(=O)O)c1. The van der Waals surface area contributed by atoms with Gasteiger partial charge < -0.3 is 5.11 Å². The minimum atomic E-state index is -3.54. The van der Waals surface area contributed by atoms with Crippen LogP contribution in [0.2, 0.25) is 5.02 Å². The van der Waals surface area contributed by atoms with Gasteiger partial charge in [-0.05, 0) is 31.0 Å². The van der Waals surface area contributed by atoms with Crippen molar-refractivity contribution < 1.29 is 18.3 Å². The maximum atomic E-state index is 12.0. The molecule has 102 valence electrons. The maximum absolute atomic E-state index is 12.0. The van der Waals surface area contributed by atoms with Gasteiger partial charge in [-0.2, -0.15) is 5.26 Å². The van der Waals surface area contributed by atoms with Crippen LogP contribution < -0.4 is 0 Å². The fourth-order valence-corrected chi connectivity index (χ4v) is 3.07. The Hall–Kier alpha value is -1.58. The largest absolute Gasteiger partial charge is 0.478 e. The number of hydrogen-bond donors (Lipinski definition) is 1. The highest BCUT2D eigenvalue weighted by Crippen LogP contribution is 2.22. The summed E-state index contributed by atoms with van der Waals surface area (Å²) in [6, 6.07) is 5.54. The van der Waals surface area contributed by atoms with Gasteiger partial charge in [0.25, 0.3) is 0 Å². The van der Waals surface area contributed by atoms with Gasteiger partial charge in [0.1, 0.15) is 0 Å². The minimum Gasteiger partial charge on any atom is -0.478 e. The zero-order valence-electron chi connectivity index (χ0n) is 9.97. The van der Waals surface area contributed by atoms with Crippen molar-refractivity contribution in [1.29, 1.82) is 5.26 Å². The maximum Gasteiger partial charge on any atom is 0.337 e. The lowest BCUT2D eigenvalue weighted by Crippen LogP contribution is -2.08. The molecule has 0 aromatic heterocycles. The predicted molar refractivity (Wildman–Crippen MR) is 69.9 cm³/mol. The zero-order valence-corrected chi connectivity index (χ0v) is 11.5. The van der Waals surface area contributed by atoms with E-state index in [0.29, 0.717) is 19.3 Å². The molecule has 19 heavy (non-hydrogen) atoms. The molecule has 1 aromatic carbocycles. The van der Waals surface area contributed by atoms with E-state index in [1.54, 1.807) is 0 Å². The standard InChI is InChI=1S/C12H12ClNO4S/c13-11-5-4-9(8-10(11)12(15)16)19(17,18)7-3-1-2-6-14/h4-5,8H,1-3,7H2,(H,15,16). The molecule has 7 heteroatoms. The van der Waals surface area contributed by atoms with Crippen molar-refractivity contribution in [2.45, 2.75) is 24.2 Å². The van der Waals surface area contributed by atoms with Crippen LogP contribution in [0.1, 0.15) is 29.6 Å². The summed E-state index contributed by atoms with van der Waals surface area (Å²) in [6.07, 6.45) is 1.16. The van der Waals surface area contributed by atoms with E-state index in [9.17, 15) is 13.2 Å². The van der Waals surface area contributed by atoms with Crippen LogP contribution in [0, 0.1) is 11.3 Å². The Morgan fingerprint density at radius 2 is 2.05 bits per heavy atom. The molecule has 0 atom stereocenters. The first-order chi connectivity index (χ1) is 8.88. The Balaban J connectivity index is 2.93. The number of nitrogens with zero attached hydrogens (tertiary/aromatic N) is 1. The molecule has 0 spiro atoms. The number of nitriles is 1. The van der Waals surface area contributed by atoms with Crippen molar-refractivity contribution >= 4 is 27.4 Å². The first-order valence-corrected chi connectivity index (χ1v) is 7.54. The fraction of sp³-hybridized carbons (Fsp3) is 0.333. The number of carboxylic acid groups (broad SMARTS) is 1. The van der Waals surface area contributed by atoms with Gasteiger partial charge in [-0.1, -0.05) is 11.6 Å². The lowest BCUT2D eigenvalue weighted by Gasteiger charge is -2.06. The Labute approximate surface area is 116 Å². The average Bonchev–Trinajstić information content (AvgIpc) is 2.34. The summed E-state index contributed by atoms with van der Waals surface area (Å²) in [5.41, 5.74) is -0.236. The highest BCUT2D eigenvalue weighted by molar-refractivity contribution is 7.91. The van der Waals surface area contributed by atoms with E-state index in [4.69, 9.17) is 22.0 Å². The van der Waals surface area contributed by atoms with Crippen molar-refractivity contribution in [1.82, 2.24) is 0 Å². The normalized spacial score (nSPS) is 10.9. The Morgan fingerprint density at radius 3 is 2.63 bits per heavy atom. The number of unbranched alkanes of at least 4 members (excludes halogenated alkanes) is 2. The van der Waals surface area contributed by atoms with Gasteiger partial charge in [-0.3, -0.25) is 0 Å². The fourth-order valence-electron chi connectivity index (χ4n) is 1.48. The minimum absolute atomic E-state index is 0.00377. The van der Waals surface area contributed by atoms with Gasteiger partial charge in [-0.15, -0.1) is 0 Å². The first kappa shape index (κ1) is 15.5.